The number of benzene rings is 1. The van der Waals surface area contributed by atoms with Crippen LogP contribution in [0.3, 0.4) is 0 Å². The summed E-state index contributed by atoms with van der Waals surface area (Å²) in [6.07, 6.45) is 0.764. The monoisotopic (exact) mass is 467 g/mol. The van der Waals surface area contributed by atoms with Gasteiger partial charge in [0.25, 0.3) is 5.91 Å². The zero-order chi connectivity index (χ0) is 22.4. The van der Waals surface area contributed by atoms with Gasteiger partial charge >= 0.3 is 0 Å². The Morgan fingerprint density at radius 2 is 1.62 bits per heavy atom. The predicted molar refractivity (Wildman–Crippen MR) is 111 cm³/mol. The highest BCUT2D eigenvalue weighted by atomic mass is 35.5. The third-order valence-electron chi connectivity index (χ3n) is 4.37. The van der Waals surface area contributed by atoms with Crippen LogP contribution in [-0.2, 0) is 19.6 Å². The normalized spacial score (nSPS) is 14.9. The van der Waals surface area contributed by atoms with Crippen LogP contribution in [-0.4, -0.2) is 37.5 Å². The van der Waals surface area contributed by atoms with E-state index in [1.54, 1.807) is 6.92 Å². The number of sulfonamides is 1. The van der Waals surface area contributed by atoms with E-state index in [0.717, 1.165) is 0 Å². The van der Waals surface area contributed by atoms with E-state index < -0.39 is 33.9 Å². The van der Waals surface area contributed by atoms with Gasteiger partial charge in [0, 0.05) is 10.0 Å². The Bertz CT molecular complexity index is 813. The summed E-state index contributed by atoms with van der Waals surface area (Å²) in [7, 11) is -4.12. The van der Waals surface area contributed by atoms with Crippen molar-refractivity contribution in [2.24, 2.45) is 11.8 Å². The maximum atomic E-state index is 12.8. The average molecular weight is 468 g/mol. The molecule has 0 saturated carbocycles. The van der Waals surface area contributed by atoms with E-state index in [-0.39, 0.29) is 33.2 Å². The molecule has 0 heterocycles. The van der Waals surface area contributed by atoms with Crippen molar-refractivity contribution < 1.29 is 23.2 Å². The Labute approximate surface area is 181 Å². The summed E-state index contributed by atoms with van der Waals surface area (Å²) < 4.78 is 28.0. The number of hydrogen-bond acceptors (Lipinski definition) is 5. The largest absolute Gasteiger partial charge is 0.343 e. The summed E-state index contributed by atoms with van der Waals surface area (Å²) in [5.41, 5.74) is 1.52. The van der Waals surface area contributed by atoms with Crippen LogP contribution >= 0.6 is 23.2 Å². The Kier molecular flexibility index (Phi) is 9.84. The van der Waals surface area contributed by atoms with Gasteiger partial charge in [-0.1, -0.05) is 57.3 Å². The fourth-order valence-electron chi connectivity index (χ4n) is 2.62. The second-order valence-electron chi connectivity index (χ2n) is 7.26. The molecule has 1 rings (SSSR count). The number of amides is 2. The Morgan fingerprint density at radius 1 is 1.07 bits per heavy atom. The van der Waals surface area contributed by atoms with Crippen molar-refractivity contribution >= 4 is 45.0 Å². The molecule has 0 aliphatic carbocycles. The van der Waals surface area contributed by atoms with Crippen LogP contribution < -0.4 is 15.5 Å². The van der Waals surface area contributed by atoms with Crippen LogP contribution in [0, 0.1) is 11.8 Å². The quantitative estimate of drug-likeness (QED) is 0.311. The molecule has 0 radical (unpaired) electrons. The lowest BCUT2D eigenvalue weighted by Gasteiger charge is -2.26. The molecule has 164 valence electrons. The summed E-state index contributed by atoms with van der Waals surface area (Å²) >= 11 is 11.8. The van der Waals surface area contributed by atoms with Gasteiger partial charge in [-0.2, -0.15) is 4.72 Å². The molecular formula is C18H27Cl2N3O5S. The molecule has 0 saturated heterocycles. The van der Waals surface area contributed by atoms with Crippen LogP contribution in [0.15, 0.2) is 23.1 Å². The first-order chi connectivity index (χ1) is 13.4. The predicted octanol–water partition coefficient (Wildman–Crippen LogP) is 2.72. The molecule has 8 nitrogen and oxygen atoms in total. The SMILES string of the molecule is CC[C@H](C)[C@H](NS(=O)(=O)c1cc(Cl)cc(Cl)c1)C(=O)N[C@@H](CC(C)C)C(=O)NO. The maximum Gasteiger partial charge on any atom is 0.265 e. The highest BCUT2D eigenvalue weighted by Gasteiger charge is 2.32. The number of nitrogens with one attached hydrogen (secondary N) is 3. The van der Waals surface area contributed by atoms with Gasteiger partial charge in [-0.25, -0.2) is 13.9 Å². The number of hydrogen-bond donors (Lipinski definition) is 4. The van der Waals surface area contributed by atoms with Gasteiger partial charge in [-0.15, -0.1) is 0 Å². The second-order valence-corrected chi connectivity index (χ2v) is 9.84. The zero-order valence-corrected chi connectivity index (χ0v) is 19.0. The zero-order valence-electron chi connectivity index (χ0n) is 16.7. The van der Waals surface area contributed by atoms with Crippen molar-refractivity contribution in [2.75, 3.05) is 0 Å². The summed E-state index contributed by atoms with van der Waals surface area (Å²) in [5.74, 6) is -1.79. The third-order valence-corrected chi connectivity index (χ3v) is 6.23. The molecule has 1 aromatic carbocycles. The Hall–Kier alpha value is -1.39. The molecule has 3 atom stereocenters. The average Bonchev–Trinajstić information content (AvgIpc) is 2.63. The van der Waals surface area contributed by atoms with Crippen molar-refractivity contribution in [2.45, 2.75) is 57.5 Å². The number of carbonyl (C=O) groups excluding carboxylic acids is 2. The minimum absolute atomic E-state index is 0.0462. The molecule has 0 spiro atoms. The fraction of sp³-hybridized carbons (Fsp3) is 0.556. The maximum absolute atomic E-state index is 12.8. The smallest absolute Gasteiger partial charge is 0.265 e. The van der Waals surface area contributed by atoms with Crippen molar-refractivity contribution in [1.29, 1.82) is 0 Å². The van der Waals surface area contributed by atoms with E-state index in [1.165, 1.54) is 23.7 Å². The van der Waals surface area contributed by atoms with E-state index in [2.05, 4.69) is 10.0 Å². The first kappa shape index (κ1) is 25.6. The van der Waals surface area contributed by atoms with Gasteiger partial charge in [0.1, 0.15) is 12.1 Å². The first-order valence-corrected chi connectivity index (χ1v) is 11.4. The molecule has 0 aliphatic heterocycles. The summed E-state index contributed by atoms with van der Waals surface area (Å²) in [5, 5.41) is 11.7. The van der Waals surface area contributed by atoms with Gasteiger partial charge < -0.3 is 5.32 Å². The molecule has 0 aliphatic rings. The lowest BCUT2D eigenvalue weighted by Crippen LogP contribution is -2.55. The highest BCUT2D eigenvalue weighted by molar-refractivity contribution is 7.89. The number of rotatable bonds is 10. The molecule has 0 fully saturated rings. The lowest BCUT2D eigenvalue weighted by molar-refractivity contribution is -0.135. The minimum atomic E-state index is -4.12. The van der Waals surface area contributed by atoms with E-state index in [1.807, 2.05) is 20.8 Å². The molecule has 0 unspecified atom stereocenters. The van der Waals surface area contributed by atoms with E-state index in [0.29, 0.717) is 6.42 Å². The van der Waals surface area contributed by atoms with E-state index in [9.17, 15) is 18.0 Å². The first-order valence-electron chi connectivity index (χ1n) is 9.14. The van der Waals surface area contributed by atoms with Crippen LogP contribution in [0.2, 0.25) is 10.0 Å². The van der Waals surface area contributed by atoms with Gasteiger partial charge in [0.15, 0.2) is 0 Å². The Morgan fingerprint density at radius 3 is 2.07 bits per heavy atom. The van der Waals surface area contributed by atoms with E-state index in [4.69, 9.17) is 28.4 Å². The standard InChI is InChI=1S/C18H27Cl2N3O5S/c1-5-11(4)16(18(25)21-15(6-10(2)3)17(24)22-26)23-29(27,28)14-8-12(19)7-13(20)9-14/h7-11,15-16,23,26H,5-6H2,1-4H3,(H,21,25)(H,22,24)/t11-,15-,16-/m0/s1. The van der Waals surface area contributed by atoms with Gasteiger partial charge in [-0.05, 0) is 36.5 Å². The van der Waals surface area contributed by atoms with Crippen molar-refractivity contribution in [3.05, 3.63) is 28.2 Å². The number of carbonyl (C=O) groups is 2. The van der Waals surface area contributed by atoms with Gasteiger partial charge in [0.05, 0.1) is 4.90 Å². The van der Waals surface area contributed by atoms with Crippen LogP contribution in [0.25, 0.3) is 0 Å². The van der Waals surface area contributed by atoms with Crippen molar-refractivity contribution in [3.63, 3.8) is 0 Å². The van der Waals surface area contributed by atoms with E-state index >= 15 is 0 Å². The highest BCUT2D eigenvalue weighted by Crippen LogP contribution is 2.23. The summed E-state index contributed by atoms with van der Waals surface area (Å²) in [6.45, 7) is 7.21. The van der Waals surface area contributed by atoms with Crippen molar-refractivity contribution in [3.8, 4) is 0 Å². The molecule has 0 bridgehead atoms. The van der Waals surface area contributed by atoms with Crippen molar-refractivity contribution in [1.82, 2.24) is 15.5 Å². The summed E-state index contributed by atoms with van der Waals surface area (Å²) in [4.78, 5) is 24.6. The molecule has 4 N–H and O–H groups in total. The van der Waals surface area contributed by atoms with Crippen LogP contribution in [0.4, 0.5) is 0 Å². The number of halogens is 2. The third kappa shape index (κ3) is 7.75. The van der Waals surface area contributed by atoms with Gasteiger partial charge in [-0.3, -0.25) is 14.8 Å². The topological polar surface area (TPSA) is 125 Å². The van der Waals surface area contributed by atoms with Gasteiger partial charge in [0.2, 0.25) is 15.9 Å². The fourth-order valence-corrected chi connectivity index (χ4v) is 4.65. The second kappa shape index (κ2) is 11.1. The lowest BCUT2D eigenvalue weighted by atomic mass is 9.98. The molecular weight excluding hydrogens is 441 g/mol. The van der Waals surface area contributed by atoms with Crippen LogP contribution in [0.5, 0.6) is 0 Å². The van der Waals surface area contributed by atoms with Crippen LogP contribution in [0.1, 0.15) is 40.5 Å². The molecule has 11 heteroatoms. The molecule has 2 amide bonds. The number of hydroxylamine groups is 1. The Balaban J connectivity index is 3.15. The minimum Gasteiger partial charge on any atom is -0.343 e. The molecule has 0 aromatic heterocycles. The summed E-state index contributed by atoms with van der Waals surface area (Å²) in [6, 6.07) is 1.68. The molecule has 29 heavy (non-hydrogen) atoms. The molecule has 1 aromatic rings.